The van der Waals surface area contributed by atoms with Crippen LogP contribution in [0.5, 0.6) is 5.75 Å². The predicted molar refractivity (Wildman–Crippen MR) is 87.5 cm³/mol. The fourth-order valence-corrected chi connectivity index (χ4v) is 4.20. The third kappa shape index (κ3) is 4.20. The molecule has 4 nitrogen and oxygen atoms in total. The van der Waals surface area contributed by atoms with Gasteiger partial charge in [0.15, 0.2) is 9.84 Å². The molecule has 1 rings (SSSR count). The normalized spacial score (nSPS) is 16.2. The lowest BCUT2D eigenvalue weighted by molar-refractivity contribution is 0.414. The van der Waals surface area contributed by atoms with E-state index in [0.29, 0.717) is 6.42 Å². The van der Waals surface area contributed by atoms with Crippen molar-refractivity contribution in [3.05, 3.63) is 29.8 Å². The summed E-state index contributed by atoms with van der Waals surface area (Å²) in [5.41, 5.74) is 0.969. The number of methoxy groups -OCH3 is 1. The van der Waals surface area contributed by atoms with Gasteiger partial charge in [-0.05, 0) is 44.5 Å². The summed E-state index contributed by atoms with van der Waals surface area (Å²) in [5, 5.41) is 2.50. The van der Waals surface area contributed by atoms with Crippen LogP contribution in [0.3, 0.4) is 0 Å². The summed E-state index contributed by atoms with van der Waals surface area (Å²) in [6.45, 7) is 8.18. The maximum atomic E-state index is 12.6. The van der Waals surface area contributed by atoms with E-state index in [1.807, 2.05) is 38.1 Å². The van der Waals surface area contributed by atoms with Gasteiger partial charge in [0.1, 0.15) is 5.75 Å². The van der Waals surface area contributed by atoms with E-state index in [0.717, 1.165) is 17.9 Å². The molecule has 0 heterocycles. The quantitative estimate of drug-likeness (QED) is 0.801. The van der Waals surface area contributed by atoms with Crippen molar-refractivity contribution < 1.29 is 13.2 Å². The molecule has 0 amide bonds. The minimum atomic E-state index is -3.17. The summed E-state index contributed by atoms with van der Waals surface area (Å²) < 4.78 is 30.4. The zero-order valence-corrected chi connectivity index (χ0v) is 14.4. The lowest BCUT2D eigenvalue weighted by Gasteiger charge is -2.27. The molecule has 120 valence electrons. The van der Waals surface area contributed by atoms with Gasteiger partial charge in [-0.3, -0.25) is 0 Å². The molecule has 0 aliphatic carbocycles. The molecular weight excluding hydrogens is 286 g/mol. The lowest BCUT2D eigenvalue weighted by Crippen LogP contribution is -2.39. The Hall–Kier alpha value is -1.07. The Labute approximate surface area is 128 Å². The standard InChI is InChI=1S/C16H27NO3S/c1-6-12(3)21(18,19)13(4)16(17-7-2)14-8-10-15(20-5)11-9-14/h8-13,16-17H,6-7H2,1-5H3. The average Bonchev–Trinajstić information content (AvgIpc) is 2.51. The SMILES string of the molecule is CCNC(c1ccc(OC)cc1)C(C)S(=O)(=O)C(C)CC. The average molecular weight is 313 g/mol. The summed E-state index contributed by atoms with van der Waals surface area (Å²) >= 11 is 0. The molecule has 0 radical (unpaired) electrons. The van der Waals surface area contributed by atoms with E-state index in [9.17, 15) is 8.42 Å². The Kier molecular flexibility index (Phi) is 6.68. The van der Waals surface area contributed by atoms with Gasteiger partial charge in [-0.15, -0.1) is 0 Å². The highest BCUT2D eigenvalue weighted by molar-refractivity contribution is 7.92. The molecule has 3 unspecified atom stereocenters. The van der Waals surface area contributed by atoms with Crippen molar-refractivity contribution in [1.29, 1.82) is 0 Å². The van der Waals surface area contributed by atoms with E-state index in [4.69, 9.17) is 4.74 Å². The third-order valence-corrected chi connectivity index (χ3v) is 6.79. The Morgan fingerprint density at radius 1 is 1.14 bits per heavy atom. The third-order valence-electron chi connectivity index (χ3n) is 4.02. The molecule has 1 aromatic rings. The number of sulfone groups is 1. The first-order valence-corrected chi connectivity index (χ1v) is 9.09. The van der Waals surface area contributed by atoms with Crippen LogP contribution >= 0.6 is 0 Å². The highest BCUT2D eigenvalue weighted by Crippen LogP contribution is 2.27. The van der Waals surface area contributed by atoms with Crippen molar-refractivity contribution in [3.8, 4) is 5.75 Å². The van der Waals surface area contributed by atoms with Gasteiger partial charge in [0.2, 0.25) is 0 Å². The van der Waals surface area contributed by atoms with E-state index in [2.05, 4.69) is 5.32 Å². The van der Waals surface area contributed by atoms with Crippen LogP contribution in [-0.4, -0.2) is 32.6 Å². The summed E-state index contributed by atoms with van der Waals surface area (Å²) in [4.78, 5) is 0. The smallest absolute Gasteiger partial charge is 0.157 e. The number of rotatable bonds is 8. The van der Waals surface area contributed by atoms with Gasteiger partial charge in [-0.25, -0.2) is 8.42 Å². The number of nitrogens with one attached hydrogen (secondary N) is 1. The van der Waals surface area contributed by atoms with E-state index >= 15 is 0 Å². The maximum Gasteiger partial charge on any atom is 0.157 e. The second-order valence-corrected chi connectivity index (χ2v) is 8.05. The van der Waals surface area contributed by atoms with Crippen molar-refractivity contribution in [2.45, 2.75) is 50.7 Å². The summed E-state index contributed by atoms with van der Waals surface area (Å²) in [5.74, 6) is 0.770. The Bertz CT molecular complexity index is 525. The first-order valence-electron chi connectivity index (χ1n) is 7.48. The molecule has 5 heteroatoms. The summed E-state index contributed by atoms with van der Waals surface area (Å²) in [7, 11) is -1.55. The van der Waals surface area contributed by atoms with Crippen LogP contribution in [0.1, 0.15) is 45.7 Å². The maximum absolute atomic E-state index is 12.6. The molecule has 3 atom stereocenters. The van der Waals surface area contributed by atoms with Crippen molar-refractivity contribution in [1.82, 2.24) is 5.32 Å². The van der Waals surface area contributed by atoms with Crippen LogP contribution in [0.15, 0.2) is 24.3 Å². The highest BCUT2D eigenvalue weighted by atomic mass is 32.2. The zero-order valence-electron chi connectivity index (χ0n) is 13.6. The minimum Gasteiger partial charge on any atom is -0.497 e. The highest BCUT2D eigenvalue weighted by Gasteiger charge is 2.33. The minimum absolute atomic E-state index is 0.208. The predicted octanol–water partition coefficient (Wildman–Crippen LogP) is 2.95. The Balaban J connectivity index is 3.10. The number of hydrogen-bond acceptors (Lipinski definition) is 4. The van der Waals surface area contributed by atoms with Gasteiger partial charge in [-0.2, -0.15) is 0 Å². The van der Waals surface area contributed by atoms with Gasteiger partial charge in [-0.1, -0.05) is 26.0 Å². The van der Waals surface area contributed by atoms with Gasteiger partial charge < -0.3 is 10.1 Å². The second-order valence-electron chi connectivity index (χ2n) is 5.32. The molecular formula is C16H27NO3S. The lowest BCUT2D eigenvalue weighted by atomic mass is 10.0. The Morgan fingerprint density at radius 2 is 1.71 bits per heavy atom. The first-order chi connectivity index (χ1) is 9.88. The van der Waals surface area contributed by atoms with Crippen LogP contribution in [-0.2, 0) is 9.84 Å². The van der Waals surface area contributed by atoms with E-state index in [-0.39, 0.29) is 11.3 Å². The molecule has 0 aliphatic rings. The fraction of sp³-hybridized carbons (Fsp3) is 0.625. The number of benzene rings is 1. The largest absolute Gasteiger partial charge is 0.497 e. The van der Waals surface area contributed by atoms with Gasteiger partial charge >= 0.3 is 0 Å². The zero-order chi connectivity index (χ0) is 16.0. The summed E-state index contributed by atoms with van der Waals surface area (Å²) in [6.07, 6.45) is 0.633. The van der Waals surface area contributed by atoms with Gasteiger partial charge in [0.25, 0.3) is 0 Å². The van der Waals surface area contributed by atoms with Crippen LogP contribution in [0.2, 0.25) is 0 Å². The van der Waals surface area contributed by atoms with Crippen LogP contribution in [0.25, 0.3) is 0 Å². The van der Waals surface area contributed by atoms with Crippen molar-refractivity contribution in [2.24, 2.45) is 0 Å². The van der Waals surface area contributed by atoms with Gasteiger partial charge in [0.05, 0.1) is 17.6 Å². The van der Waals surface area contributed by atoms with Crippen LogP contribution < -0.4 is 10.1 Å². The molecule has 0 bridgehead atoms. The monoisotopic (exact) mass is 313 g/mol. The Morgan fingerprint density at radius 3 is 2.14 bits per heavy atom. The topological polar surface area (TPSA) is 55.4 Å². The van der Waals surface area contributed by atoms with E-state index < -0.39 is 15.1 Å². The fourth-order valence-electron chi connectivity index (χ4n) is 2.37. The van der Waals surface area contributed by atoms with Gasteiger partial charge in [0, 0.05) is 6.04 Å². The second kappa shape index (κ2) is 7.80. The molecule has 0 aromatic heterocycles. The molecule has 0 saturated carbocycles. The number of ether oxygens (including phenoxy) is 1. The van der Waals surface area contributed by atoms with Crippen molar-refractivity contribution >= 4 is 9.84 Å². The molecule has 0 spiro atoms. The first kappa shape index (κ1) is 18.0. The van der Waals surface area contributed by atoms with Crippen molar-refractivity contribution in [3.63, 3.8) is 0 Å². The molecule has 1 aromatic carbocycles. The molecule has 0 fully saturated rings. The molecule has 1 N–H and O–H groups in total. The van der Waals surface area contributed by atoms with Crippen LogP contribution in [0, 0.1) is 0 Å². The molecule has 0 aliphatic heterocycles. The van der Waals surface area contributed by atoms with Crippen molar-refractivity contribution in [2.75, 3.05) is 13.7 Å². The molecule has 0 saturated heterocycles. The number of hydrogen-bond donors (Lipinski definition) is 1. The van der Waals surface area contributed by atoms with E-state index in [1.165, 1.54) is 0 Å². The van der Waals surface area contributed by atoms with Crippen LogP contribution in [0.4, 0.5) is 0 Å². The van der Waals surface area contributed by atoms with E-state index in [1.54, 1.807) is 21.0 Å². The summed E-state index contributed by atoms with van der Waals surface area (Å²) in [6, 6.07) is 7.37. The molecule has 21 heavy (non-hydrogen) atoms.